The minimum Gasteiger partial charge on any atom is -0.508 e. The monoisotopic (exact) mass is 1820 g/mol. The van der Waals surface area contributed by atoms with Crippen LogP contribution >= 0.6 is 11.8 Å². The first-order valence-corrected chi connectivity index (χ1v) is 45.8. The molecule has 0 aliphatic carbocycles. The van der Waals surface area contributed by atoms with Crippen molar-refractivity contribution in [2.75, 3.05) is 58.9 Å². The fraction of sp³-hybridized carbons (Fsp3) is 0.448. The number of unbranched alkanes of at least 4 members (excludes halogenated alkanes) is 1. The number of carbonyl (C=O) groups excluding carboxylic acids is 15. The minimum absolute atomic E-state index is 0.0319. The number of fused-ring (bicyclic) bond motifs is 3. The molecule has 131 heavy (non-hydrogen) atoms. The number of nitrogens with two attached hydrogens (primary N) is 1. The van der Waals surface area contributed by atoms with Crippen molar-refractivity contribution in [1.82, 2.24) is 77.3 Å². The molecule has 0 radical (unpaired) electrons. The maximum atomic E-state index is 15.9. The number of nitrogens with zero attached hydrogens (tertiary/aromatic N) is 5. The van der Waals surface area contributed by atoms with Crippen LogP contribution in [0, 0.1) is 5.92 Å². The first-order valence-electron chi connectivity index (χ1n) is 44.6. The van der Waals surface area contributed by atoms with Gasteiger partial charge in [0, 0.05) is 95.6 Å². The quantitative estimate of drug-likeness (QED) is 0.0464. The number of amides is 15. The number of H-pyrrole nitrogens is 1. The predicted molar refractivity (Wildman–Crippen MR) is 491 cm³/mol. The summed E-state index contributed by atoms with van der Waals surface area (Å²) in [5.41, 5.74) is 9.39. The molecule has 6 aromatic carbocycles. The van der Waals surface area contributed by atoms with E-state index in [4.69, 9.17) is 5.73 Å². The Labute approximate surface area is 766 Å². The number of carbonyl (C=O) groups is 15. The Morgan fingerprint density at radius 1 is 0.458 bits per heavy atom. The average molecular weight is 1820 g/mol. The third-order valence-electron chi connectivity index (χ3n) is 24.0. The summed E-state index contributed by atoms with van der Waals surface area (Å²) >= 11 is 0.853. The molecular formula is C96H122N16O18S. The van der Waals surface area contributed by atoms with Gasteiger partial charge in [0.2, 0.25) is 88.6 Å². The van der Waals surface area contributed by atoms with E-state index in [0.717, 1.165) is 16.7 Å². The van der Waals surface area contributed by atoms with Gasteiger partial charge in [-0.1, -0.05) is 174 Å². The molecule has 3 aliphatic rings. The number of piperidine rings is 1. The molecule has 13 atom stereocenters. The Morgan fingerprint density at radius 2 is 0.908 bits per heavy atom. The van der Waals surface area contributed by atoms with Crippen molar-refractivity contribution >= 4 is 111 Å². The van der Waals surface area contributed by atoms with Crippen molar-refractivity contribution in [2.24, 2.45) is 11.7 Å². The first kappa shape index (κ1) is 100.0. The smallest absolute Gasteiger partial charge is 0.246 e. The Bertz CT molecular complexity index is 5130. The summed E-state index contributed by atoms with van der Waals surface area (Å²) in [6, 6.07) is 26.2. The van der Waals surface area contributed by atoms with Crippen LogP contribution in [0.1, 0.15) is 125 Å². The topological polar surface area (TPSA) is 483 Å². The maximum absolute atomic E-state index is 15.9. The van der Waals surface area contributed by atoms with Gasteiger partial charge in [0.25, 0.3) is 0 Å². The van der Waals surface area contributed by atoms with Crippen LogP contribution < -0.4 is 53.6 Å². The highest BCUT2D eigenvalue weighted by molar-refractivity contribution is 8.00. The highest BCUT2D eigenvalue weighted by Crippen LogP contribution is 2.28. The number of primary amides is 1. The summed E-state index contributed by atoms with van der Waals surface area (Å²) in [4.78, 5) is 235. The van der Waals surface area contributed by atoms with Gasteiger partial charge in [-0.2, -0.15) is 0 Å². The molecular weight excluding hydrogens is 1700 g/mol. The molecule has 0 saturated carbocycles. The number of likely N-dealkylation sites (N-methyl/N-ethyl adjacent to an activating group) is 3. The van der Waals surface area contributed by atoms with Gasteiger partial charge in [0.1, 0.15) is 90.0 Å². The average Bonchev–Trinajstić information content (AvgIpc) is 1.49. The molecule has 35 heteroatoms. The van der Waals surface area contributed by atoms with E-state index in [-0.39, 0.29) is 107 Å². The fourth-order valence-electron chi connectivity index (χ4n) is 16.7. The lowest BCUT2D eigenvalue weighted by atomic mass is 9.96. The number of aliphatic hydroxyl groups excluding tert-OH is 1. The third kappa shape index (κ3) is 27.9. The number of nitrogens with one attached hydrogen (secondary N) is 10. The van der Waals surface area contributed by atoms with E-state index in [1.165, 1.54) is 77.1 Å². The largest absolute Gasteiger partial charge is 0.508 e. The van der Waals surface area contributed by atoms with Crippen LogP contribution in [0.2, 0.25) is 0 Å². The van der Waals surface area contributed by atoms with Crippen molar-refractivity contribution in [1.29, 1.82) is 0 Å². The first-order chi connectivity index (χ1) is 62.8. The van der Waals surface area contributed by atoms with Gasteiger partial charge < -0.3 is 98.4 Å². The molecule has 15 amide bonds. The molecule has 3 saturated heterocycles. The lowest BCUT2D eigenvalue weighted by Gasteiger charge is -2.38. The number of thioether (sulfide) groups is 1. The van der Waals surface area contributed by atoms with Crippen LogP contribution in [0.15, 0.2) is 170 Å². The van der Waals surface area contributed by atoms with E-state index >= 15 is 47.9 Å². The summed E-state index contributed by atoms with van der Waals surface area (Å²) in [7, 11) is 4.19. The van der Waals surface area contributed by atoms with Gasteiger partial charge in [-0.05, 0) is 121 Å². The van der Waals surface area contributed by atoms with Gasteiger partial charge in [0.05, 0.1) is 18.9 Å². The van der Waals surface area contributed by atoms with Crippen molar-refractivity contribution in [3.05, 3.63) is 203 Å². The number of aromatic hydroxyl groups is 2. The number of phenolic OH excluding ortho intramolecular Hbond substituents is 2. The molecule has 4 heterocycles. The lowest BCUT2D eigenvalue weighted by molar-refractivity contribution is -0.152. The molecule has 10 rings (SSSR count). The maximum Gasteiger partial charge on any atom is 0.246 e. The van der Waals surface area contributed by atoms with Gasteiger partial charge in [0.15, 0.2) is 0 Å². The summed E-state index contributed by atoms with van der Waals surface area (Å²) in [5.74, 6) is -13.8. The van der Waals surface area contributed by atoms with Gasteiger partial charge >= 0.3 is 0 Å². The van der Waals surface area contributed by atoms with Crippen molar-refractivity contribution in [3.8, 4) is 11.5 Å². The highest BCUT2D eigenvalue weighted by atomic mass is 32.2. The molecule has 0 spiro atoms. The molecule has 700 valence electrons. The van der Waals surface area contributed by atoms with E-state index in [0.29, 0.717) is 76.4 Å². The molecule has 0 bridgehead atoms. The summed E-state index contributed by atoms with van der Waals surface area (Å²) in [6.45, 7) is 5.36. The number of hydrogen-bond acceptors (Lipinski definition) is 19. The van der Waals surface area contributed by atoms with Gasteiger partial charge in [-0.25, -0.2) is 0 Å². The zero-order valence-electron chi connectivity index (χ0n) is 75.0. The van der Waals surface area contributed by atoms with E-state index in [1.54, 1.807) is 148 Å². The summed E-state index contributed by atoms with van der Waals surface area (Å²) in [5, 5.41) is 57.3. The second-order valence-electron chi connectivity index (χ2n) is 34.1. The molecule has 3 aliphatic heterocycles. The Morgan fingerprint density at radius 3 is 1.48 bits per heavy atom. The van der Waals surface area contributed by atoms with Crippen LogP contribution in [0.4, 0.5) is 0 Å². The predicted octanol–water partition coefficient (Wildman–Crippen LogP) is 3.05. The minimum atomic E-state index is -1.72. The summed E-state index contributed by atoms with van der Waals surface area (Å²) in [6.07, 6.45) is 2.74. The van der Waals surface area contributed by atoms with Crippen molar-refractivity contribution in [3.63, 3.8) is 0 Å². The van der Waals surface area contributed by atoms with E-state index in [1.807, 2.05) is 13.0 Å². The molecule has 0 unspecified atom stereocenters. The molecule has 3 fully saturated rings. The lowest BCUT2D eigenvalue weighted by Crippen LogP contribution is -2.63. The van der Waals surface area contributed by atoms with E-state index < -0.39 is 186 Å². The SMILES string of the molecule is CCCC[C@H]1C(=O)N2CCC[C@@H]2C(=O)N[C@@H](CO)C(=O)N[C@@H](CC)C(=O)N(C)[C@@H](Cc2ccccc2)C(=O)N[C@@H](Cc2ccc(O)cc2)C(=O)N2CCCC[C@@H]2C(=O)N[C@@H](Cc2c[nH]c3ccccc23)C(=O)N[C@@H](Cc2ccc(O)cc2)C(=O)N[C@@H](CC(C)C)C(=O)N[C@H](C(=O)NCC(N)=O)CSCC(=O)N[C@@H](Cc2ccccc2)C(=O)N(C)[C@@H](Cc2ccccc2)C(=O)N1C. The number of aromatic nitrogens is 1. The van der Waals surface area contributed by atoms with E-state index in [2.05, 4.69) is 52.8 Å². The van der Waals surface area contributed by atoms with E-state index in [9.17, 15) is 39.3 Å². The van der Waals surface area contributed by atoms with Gasteiger partial charge in [-0.3, -0.25) is 71.9 Å². The number of hydrogen-bond donors (Lipinski definition) is 14. The molecule has 15 N–H and O–H groups in total. The zero-order chi connectivity index (χ0) is 94.5. The third-order valence-corrected chi connectivity index (χ3v) is 25.1. The van der Waals surface area contributed by atoms with Crippen molar-refractivity contribution in [2.45, 2.75) is 209 Å². The number of benzene rings is 6. The Kier molecular flexibility index (Phi) is 37.0. The Hall–Kier alpha value is -13.2. The van der Waals surface area contributed by atoms with Gasteiger partial charge in [-0.15, -0.1) is 11.8 Å². The standard InChI is InChI=1S/C96H122N16O18S/c1-8-10-33-79-96(130)112-45-24-35-78(112)90(124)106-75(55-113)88(122)101-68(9-2)92(126)109(6)80(50-60-27-16-12-17-28-60)91(125)105-74(49-63-38-42-66(115)43-39-63)94(128)111-44-23-22-34-77(111)89(123)104-72(52-64-53-98-69-32-21-20-31-67(64)69)87(121)103-71(47-62-36-40-65(114)41-37-62)86(120)102-70(46-58(3)4)85(119)107-76(84(118)99-54-82(97)116)56-131-57-83(117)100-73(48-59-25-14-11-15-26-59)93(127)110(7)81(95(129)108(79)5)51-61-29-18-13-19-30-61/h11-21,25-32,36-43,53,58,68,70-81,98,113-115H,8-10,22-24,33-35,44-52,54-57H2,1-7H3,(H2,97,116)(H,99,118)(H,100,117)(H,101,122)(H,102,120)(H,103,121)(H,104,123)(H,105,125)(H,106,124)(H,107,119)/t68-,70-,71-,72-,73-,74-,75-,76-,77+,78+,79-,80-,81-/m0/s1. The molecule has 1 aromatic heterocycles. The number of aromatic amines is 1. The summed E-state index contributed by atoms with van der Waals surface area (Å²) < 4.78 is 0. The highest BCUT2D eigenvalue weighted by Gasteiger charge is 2.46. The number of phenols is 2. The second kappa shape index (κ2) is 48.5. The van der Waals surface area contributed by atoms with Crippen molar-refractivity contribution < 1.29 is 87.2 Å². The van der Waals surface area contributed by atoms with Crippen LogP contribution in [0.3, 0.4) is 0 Å². The van der Waals surface area contributed by atoms with Crippen LogP contribution in [-0.2, 0) is 110 Å². The van der Waals surface area contributed by atoms with Crippen LogP contribution in [0.5, 0.6) is 11.5 Å². The molecule has 34 nitrogen and oxygen atoms in total. The second-order valence-corrected chi connectivity index (χ2v) is 35.1. The fourth-order valence-corrected chi connectivity index (χ4v) is 17.6. The Balaban J connectivity index is 1.04. The van der Waals surface area contributed by atoms with Crippen LogP contribution in [0.25, 0.3) is 10.9 Å². The number of aliphatic hydroxyl groups is 1. The molecule has 7 aromatic rings. The normalized spacial score (nSPS) is 23.8. The zero-order valence-corrected chi connectivity index (χ0v) is 75.8. The number of rotatable bonds is 22. The van der Waals surface area contributed by atoms with Crippen LogP contribution in [-0.4, -0.2) is 271 Å². The number of para-hydroxylation sites is 1.